The van der Waals surface area contributed by atoms with Crippen molar-refractivity contribution < 1.29 is 9.13 Å². The minimum atomic E-state index is -0.203. The lowest BCUT2D eigenvalue weighted by Crippen LogP contribution is -2.09. The average Bonchev–Trinajstić information content (AvgIpc) is 2.82. The number of halogens is 2. The second-order valence-corrected chi connectivity index (χ2v) is 5.24. The monoisotopic (exact) mass is 301 g/mol. The molecule has 1 aliphatic heterocycles. The molecule has 94 valence electrons. The van der Waals surface area contributed by atoms with Gasteiger partial charge in [-0.05, 0) is 43.9 Å². The Morgan fingerprint density at radius 1 is 1.47 bits per heavy atom. The molecule has 1 fully saturated rings. The fraction of sp³-hybridized carbons (Fsp3) is 0.538. The Kier molecular flexibility index (Phi) is 4.80. The zero-order chi connectivity index (χ0) is 12.1. The zero-order valence-electron chi connectivity index (χ0n) is 9.72. The van der Waals surface area contributed by atoms with E-state index >= 15 is 0 Å². The molecule has 1 aromatic carbocycles. The predicted octanol–water partition coefficient (Wildman–Crippen LogP) is 3.96. The van der Waals surface area contributed by atoms with Crippen LogP contribution in [0.4, 0.5) is 10.1 Å². The summed E-state index contributed by atoms with van der Waals surface area (Å²) < 4.78 is 19.8. The summed E-state index contributed by atoms with van der Waals surface area (Å²) in [7, 11) is 0. The summed E-state index contributed by atoms with van der Waals surface area (Å²) in [5.74, 6) is -0.203. The molecule has 17 heavy (non-hydrogen) atoms. The lowest BCUT2D eigenvalue weighted by Gasteiger charge is -2.11. The van der Waals surface area contributed by atoms with Crippen molar-refractivity contribution in [1.82, 2.24) is 0 Å². The normalized spacial score (nSPS) is 19.5. The lowest BCUT2D eigenvalue weighted by atomic mass is 10.1. The maximum absolute atomic E-state index is 13.4. The van der Waals surface area contributed by atoms with Gasteiger partial charge in [0.05, 0.1) is 11.8 Å². The van der Waals surface area contributed by atoms with Crippen LogP contribution < -0.4 is 5.32 Å². The highest BCUT2D eigenvalue weighted by molar-refractivity contribution is 9.10. The van der Waals surface area contributed by atoms with Crippen molar-refractivity contribution in [2.75, 3.05) is 18.5 Å². The Balaban J connectivity index is 1.72. The van der Waals surface area contributed by atoms with E-state index in [0.29, 0.717) is 11.8 Å². The first kappa shape index (κ1) is 12.8. The van der Waals surface area contributed by atoms with Crippen molar-refractivity contribution in [1.29, 1.82) is 0 Å². The molecule has 1 saturated heterocycles. The van der Waals surface area contributed by atoms with Gasteiger partial charge >= 0.3 is 0 Å². The molecule has 0 aliphatic carbocycles. The highest BCUT2D eigenvalue weighted by Gasteiger charge is 2.14. The first-order valence-corrected chi connectivity index (χ1v) is 6.85. The van der Waals surface area contributed by atoms with Crippen LogP contribution in [0.15, 0.2) is 22.7 Å². The molecule has 0 aromatic heterocycles. The van der Waals surface area contributed by atoms with Crippen LogP contribution in [0, 0.1) is 5.82 Å². The van der Waals surface area contributed by atoms with Crippen molar-refractivity contribution in [2.24, 2.45) is 0 Å². The Labute approximate surface area is 110 Å². The summed E-state index contributed by atoms with van der Waals surface area (Å²) in [5.41, 5.74) is 0.562. The largest absolute Gasteiger partial charge is 0.383 e. The molecule has 1 aliphatic rings. The minimum Gasteiger partial charge on any atom is -0.383 e. The summed E-state index contributed by atoms with van der Waals surface area (Å²) in [5, 5.41) is 3.12. The number of benzene rings is 1. The van der Waals surface area contributed by atoms with Crippen LogP contribution in [0.5, 0.6) is 0 Å². The number of ether oxygens (including phenoxy) is 1. The fourth-order valence-corrected chi connectivity index (χ4v) is 2.42. The highest BCUT2D eigenvalue weighted by atomic mass is 79.9. The van der Waals surface area contributed by atoms with Crippen LogP contribution >= 0.6 is 15.9 Å². The molecule has 1 heterocycles. The molecule has 0 radical (unpaired) electrons. The van der Waals surface area contributed by atoms with E-state index in [9.17, 15) is 4.39 Å². The van der Waals surface area contributed by atoms with Crippen LogP contribution in [0.2, 0.25) is 0 Å². The van der Waals surface area contributed by atoms with Gasteiger partial charge in [0, 0.05) is 17.6 Å². The molecule has 0 bridgehead atoms. The number of hydrogen-bond donors (Lipinski definition) is 1. The Bertz CT molecular complexity index is 366. The topological polar surface area (TPSA) is 21.3 Å². The zero-order valence-corrected chi connectivity index (χ0v) is 11.3. The number of rotatable bonds is 5. The van der Waals surface area contributed by atoms with Gasteiger partial charge in [0.15, 0.2) is 0 Å². The van der Waals surface area contributed by atoms with Crippen LogP contribution in [0.25, 0.3) is 0 Å². The second kappa shape index (κ2) is 6.36. The predicted molar refractivity (Wildman–Crippen MR) is 70.8 cm³/mol. The van der Waals surface area contributed by atoms with Crippen LogP contribution in [-0.2, 0) is 4.74 Å². The lowest BCUT2D eigenvalue weighted by molar-refractivity contribution is 0.103. The summed E-state index contributed by atoms with van der Waals surface area (Å²) in [6, 6.07) is 4.93. The third-order valence-electron chi connectivity index (χ3n) is 2.97. The molecule has 1 N–H and O–H groups in total. The Morgan fingerprint density at radius 3 is 3.12 bits per heavy atom. The maximum atomic E-state index is 13.4. The molecule has 0 saturated carbocycles. The highest BCUT2D eigenvalue weighted by Crippen LogP contribution is 2.21. The first-order chi connectivity index (χ1) is 8.25. The van der Waals surface area contributed by atoms with Crippen molar-refractivity contribution in [3.63, 3.8) is 0 Å². The van der Waals surface area contributed by atoms with E-state index in [1.165, 1.54) is 18.9 Å². The SMILES string of the molecule is Fc1ccc(Br)cc1NCCCC1CCCO1. The molecular formula is C13H17BrFNO. The number of hydrogen-bond acceptors (Lipinski definition) is 2. The summed E-state index contributed by atoms with van der Waals surface area (Å²) in [4.78, 5) is 0. The summed E-state index contributed by atoms with van der Waals surface area (Å²) in [6.07, 6.45) is 4.84. The molecule has 2 rings (SSSR count). The molecule has 1 unspecified atom stereocenters. The molecule has 4 heteroatoms. The van der Waals surface area contributed by atoms with Gasteiger partial charge in [0.25, 0.3) is 0 Å². The third-order valence-corrected chi connectivity index (χ3v) is 3.46. The molecule has 2 nitrogen and oxygen atoms in total. The van der Waals surface area contributed by atoms with E-state index in [1.54, 1.807) is 12.1 Å². The second-order valence-electron chi connectivity index (χ2n) is 4.33. The Morgan fingerprint density at radius 2 is 2.35 bits per heavy atom. The van der Waals surface area contributed by atoms with Crippen LogP contribution in [0.3, 0.4) is 0 Å². The average molecular weight is 302 g/mol. The van der Waals surface area contributed by atoms with Gasteiger partial charge in [-0.2, -0.15) is 0 Å². The number of anilines is 1. The van der Waals surface area contributed by atoms with Crippen LogP contribution in [0.1, 0.15) is 25.7 Å². The van der Waals surface area contributed by atoms with Crippen molar-refractivity contribution in [2.45, 2.75) is 31.8 Å². The van der Waals surface area contributed by atoms with Crippen molar-refractivity contribution in [3.05, 3.63) is 28.5 Å². The van der Waals surface area contributed by atoms with E-state index in [-0.39, 0.29) is 5.82 Å². The molecular weight excluding hydrogens is 285 g/mol. The first-order valence-electron chi connectivity index (χ1n) is 6.06. The van der Waals surface area contributed by atoms with E-state index < -0.39 is 0 Å². The number of nitrogens with one attached hydrogen (secondary N) is 1. The van der Waals surface area contributed by atoms with Gasteiger partial charge < -0.3 is 10.1 Å². The van der Waals surface area contributed by atoms with E-state index in [2.05, 4.69) is 21.2 Å². The van der Waals surface area contributed by atoms with Gasteiger partial charge in [-0.3, -0.25) is 0 Å². The maximum Gasteiger partial charge on any atom is 0.146 e. The fourth-order valence-electron chi connectivity index (χ4n) is 2.06. The standard InChI is InChI=1S/C13H17BrFNO/c14-10-5-6-12(15)13(9-10)16-7-1-3-11-4-2-8-17-11/h5-6,9,11,16H,1-4,7-8H2. The van der Waals surface area contributed by atoms with Gasteiger partial charge in [-0.1, -0.05) is 15.9 Å². The van der Waals surface area contributed by atoms with E-state index in [1.807, 2.05) is 0 Å². The van der Waals surface area contributed by atoms with Crippen molar-refractivity contribution in [3.8, 4) is 0 Å². The minimum absolute atomic E-state index is 0.203. The van der Waals surface area contributed by atoms with Gasteiger partial charge in [0.2, 0.25) is 0 Å². The smallest absolute Gasteiger partial charge is 0.146 e. The molecule has 1 atom stereocenters. The molecule has 1 aromatic rings. The van der Waals surface area contributed by atoms with Gasteiger partial charge in [-0.15, -0.1) is 0 Å². The van der Waals surface area contributed by atoms with E-state index in [0.717, 1.165) is 30.5 Å². The molecule has 0 spiro atoms. The third kappa shape index (κ3) is 3.96. The van der Waals surface area contributed by atoms with Crippen molar-refractivity contribution >= 4 is 21.6 Å². The quantitative estimate of drug-likeness (QED) is 0.831. The summed E-state index contributed by atoms with van der Waals surface area (Å²) in [6.45, 7) is 1.69. The molecule has 0 amide bonds. The van der Waals surface area contributed by atoms with Crippen LogP contribution in [-0.4, -0.2) is 19.3 Å². The summed E-state index contributed by atoms with van der Waals surface area (Å²) >= 11 is 3.33. The van der Waals surface area contributed by atoms with E-state index in [4.69, 9.17) is 4.74 Å². The Hall–Kier alpha value is -0.610. The van der Waals surface area contributed by atoms with Gasteiger partial charge in [-0.25, -0.2) is 4.39 Å². The van der Waals surface area contributed by atoms with Gasteiger partial charge in [0.1, 0.15) is 5.82 Å².